The second-order valence-corrected chi connectivity index (χ2v) is 7.98. The van der Waals surface area contributed by atoms with Crippen LogP contribution in [0.5, 0.6) is 0 Å². The Labute approximate surface area is 156 Å². The molecule has 2 amide bonds. The summed E-state index contributed by atoms with van der Waals surface area (Å²) < 4.78 is 0. The van der Waals surface area contributed by atoms with Crippen LogP contribution in [-0.4, -0.2) is 29.9 Å². The van der Waals surface area contributed by atoms with Crippen LogP contribution in [0.3, 0.4) is 0 Å². The van der Waals surface area contributed by atoms with Crippen molar-refractivity contribution in [2.75, 3.05) is 0 Å². The van der Waals surface area contributed by atoms with Crippen molar-refractivity contribution >= 4 is 11.8 Å². The van der Waals surface area contributed by atoms with E-state index in [1.165, 1.54) is 30.4 Å². The van der Waals surface area contributed by atoms with Crippen molar-refractivity contribution in [3.8, 4) is 0 Å². The molecule has 3 N–H and O–H groups in total. The molecule has 0 unspecified atom stereocenters. The third kappa shape index (κ3) is 4.64. The van der Waals surface area contributed by atoms with Crippen LogP contribution in [-0.2, 0) is 22.6 Å². The van der Waals surface area contributed by atoms with Gasteiger partial charge in [0, 0.05) is 12.6 Å². The quantitative estimate of drug-likeness (QED) is 0.757. The first kappa shape index (κ1) is 18.9. The lowest BCUT2D eigenvalue weighted by Gasteiger charge is -2.30. The first-order valence-electron chi connectivity index (χ1n) is 9.95. The third-order valence-corrected chi connectivity index (χ3v) is 5.60. The van der Waals surface area contributed by atoms with E-state index in [4.69, 9.17) is 0 Å². The zero-order valence-electron chi connectivity index (χ0n) is 15.9. The standard InChI is InChI=1S/C21H31N3O2/c1-14(2)19(21(26)23-17-10-4-3-5-11-17)24-20(25)18-12-15-8-6-7-9-16(15)13-22-18/h6-9,14,17-19,22H,3-5,10-13H2,1-2H3,(H,23,26)(H,24,25)/t18-,19-/m0/s1. The normalized spacial score (nSPS) is 21.7. The van der Waals surface area contributed by atoms with Gasteiger partial charge in [0.1, 0.15) is 6.04 Å². The van der Waals surface area contributed by atoms with E-state index in [2.05, 4.69) is 28.1 Å². The third-order valence-electron chi connectivity index (χ3n) is 5.60. The first-order valence-corrected chi connectivity index (χ1v) is 9.95. The van der Waals surface area contributed by atoms with Crippen LogP contribution in [0.2, 0.25) is 0 Å². The number of rotatable bonds is 5. The Balaban J connectivity index is 1.59. The van der Waals surface area contributed by atoms with Gasteiger partial charge in [-0.25, -0.2) is 0 Å². The van der Waals surface area contributed by atoms with Gasteiger partial charge in [0.2, 0.25) is 11.8 Å². The van der Waals surface area contributed by atoms with Crippen LogP contribution in [0.25, 0.3) is 0 Å². The summed E-state index contributed by atoms with van der Waals surface area (Å²) in [6.45, 7) is 4.65. The predicted molar refractivity (Wildman–Crippen MR) is 103 cm³/mol. The van der Waals surface area contributed by atoms with Crippen molar-refractivity contribution in [2.45, 2.75) is 77.0 Å². The monoisotopic (exact) mass is 357 g/mol. The van der Waals surface area contributed by atoms with Crippen LogP contribution in [0.4, 0.5) is 0 Å². The van der Waals surface area contributed by atoms with Crippen LogP contribution < -0.4 is 16.0 Å². The number of benzene rings is 1. The fourth-order valence-corrected chi connectivity index (χ4v) is 3.97. The molecule has 3 rings (SSSR count). The van der Waals surface area contributed by atoms with Crippen molar-refractivity contribution in [1.29, 1.82) is 0 Å². The lowest BCUT2D eigenvalue weighted by atomic mass is 9.93. The summed E-state index contributed by atoms with van der Waals surface area (Å²) in [5.74, 6) is -0.0770. The average molecular weight is 357 g/mol. The van der Waals surface area contributed by atoms with E-state index in [1.54, 1.807) is 0 Å². The van der Waals surface area contributed by atoms with Crippen LogP contribution >= 0.6 is 0 Å². The molecule has 0 aromatic heterocycles. The molecule has 2 atom stereocenters. The van der Waals surface area contributed by atoms with Crippen LogP contribution in [0.1, 0.15) is 57.1 Å². The Morgan fingerprint density at radius 2 is 1.77 bits per heavy atom. The number of nitrogens with one attached hydrogen (secondary N) is 3. The molecule has 0 radical (unpaired) electrons. The number of hydrogen-bond acceptors (Lipinski definition) is 3. The van der Waals surface area contributed by atoms with Crippen molar-refractivity contribution in [1.82, 2.24) is 16.0 Å². The second-order valence-electron chi connectivity index (χ2n) is 7.98. The van der Waals surface area contributed by atoms with Crippen molar-refractivity contribution < 1.29 is 9.59 Å². The molecule has 1 aliphatic heterocycles. The van der Waals surface area contributed by atoms with E-state index in [0.717, 1.165) is 12.8 Å². The van der Waals surface area contributed by atoms with Crippen molar-refractivity contribution in [3.05, 3.63) is 35.4 Å². The maximum Gasteiger partial charge on any atom is 0.243 e. The van der Waals surface area contributed by atoms with Gasteiger partial charge >= 0.3 is 0 Å². The Hall–Kier alpha value is -1.88. The molecule has 5 heteroatoms. The van der Waals surface area contributed by atoms with Gasteiger partial charge in [0.25, 0.3) is 0 Å². The summed E-state index contributed by atoms with van der Waals surface area (Å²) in [7, 11) is 0. The summed E-state index contributed by atoms with van der Waals surface area (Å²) in [5, 5.41) is 9.44. The zero-order chi connectivity index (χ0) is 18.5. The minimum Gasteiger partial charge on any atom is -0.352 e. The highest BCUT2D eigenvalue weighted by molar-refractivity contribution is 5.90. The molecule has 1 saturated carbocycles. The zero-order valence-corrected chi connectivity index (χ0v) is 15.9. The fraction of sp³-hybridized carbons (Fsp3) is 0.619. The van der Waals surface area contributed by atoms with Gasteiger partial charge in [-0.2, -0.15) is 0 Å². The Kier molecular flexibility index (Phi) is 6.30. The SMILES string of the molecule is CC(C)[C@H](NC(=O)[C@@H]1Cc2ccccc2CN1)C(=O)NC1CCCCC1. The minimum absolute atomic E-state index is 0.0449. The molecule has 0 bridgehead atoms. The van der Waals surface area contributed by atoms with Gasteiger partial charge in [0.05, 0.1) is 6.04 Å². The summed E-state index contributed by atoms with van der Waals surface area (Å²) in [6.07, 6.45) is 6.36. The lowest BCUT2D eigenvalue weighted by Crippen LogP contribution is -2.57. The average Bonchev–Trinajstić information content (AvgIpc) is 2.66. The minimum atomic E-state index is -0.483. The summed E-state index contributed by atoms with van der Waals surface area (Å²) in [4.78, 5) is 25.5. The molecule has 0 spiro atoms. The molecule has 0 saturated heterocycles. The molecule has 26 heavy (non-hydrogen) atoms. The van der Waals surface area contributed by atoms with Gasteiger partial charge < -0.3 is 16.0 Å². The Morgan fingerprint density at radius 3 is 2.46 bits per heavy atom. The van der Waals surface area contributed by atoms with E-state index >= 15 is 0 Å². The highest BCUT2D eigenvalue weighted by Crippen LogP contribution is 2.19. The smallest absolute Gasteiger partial charge is 0.243 e. The number of fused-ring (bicyclic) bond motifs is 1. The fourth-order valence-electron chi connectivity index (χ4n) is 3.97. The van der Waals surface area contributed by atoms with E-state index in [9.17, 15) is 9.59 Å². The molecule has 1 heterocycles. The number of hydrogen-bond donors (Lipinski definition) is 3. The number of carbonyl (C=O) groups is 2. The topological polar surface area (TPSA) is 70.2 Å². The molecule has 2 aliphatic rings. The Morgan fingerprint density at radius 1 is 1.08 bits per heavy atom. The molecular formula is C21H31N3O2. The van der Waals surface area contributed by atoms with Crippen molar-refractivity contribution in [2.24, 2.45) is 5.92 Å². The second kappa shape index (κ2) is 8.67. The summed E-state index contributed by atoms with van der Waals surface area (Å²) in [6, 6.07) is 7.68. The largest absolute Gasteiger partial charge is 0.352 e. The predicted octanol–water partition coefficient (Wildman–Crippen LogP) is 2.29. The Bertz CT molecular complexity index is 638. The maximum absolute atomic E-state index is 12.8. The van der Waals surface area contributed by atoms with Gasteiger partial charge in [-0.15, -0.1) is 0 Å². The van der Waals surface area contributed by atoms with Gasteiger partial charge in [0.15, 0.2) is 0 Å². The molecule has 1 aromatic rings. The van der Waals surface area contributed by atoms with Gasteiger partial charge in [-0.05, 0) is 36.3 Å². The van der Waals surface area contributed by atoms with E-state index in [0.29, 0.717) is 13.0 Å². The number of carbonyl (C=O) groups excluding carboxylic acids is 2. The molecule has 1 fully saturated rings. The molecule has 5 nitrogen and oxygen atoms in total. The molecule has 142 valence electrons. The maximum atomic E-state index is 12.8. The van der Waals surface area contributed by atoms with Gasteiger partial charge in [-0.1, -0.05) is 57.4 Å². The van der Waals surface area contributed by atoms with Crippen LogP contribution in [0, 0.1) is 5.92 Å². The summed E-state index contributed by atoms with van der Waals surface area (Å²) in [5.41, 5.74) is 2.45. The van der Waals surface area contributed by atoms with Crippen LogP contribution in [0.15, 0.2) is 24.3 Å². The van der Waals surface area contributed by atoms with E-state index in [-0.39, 0.29) is 29.8 Å². The van der Waals surface area contributed by atoms with Gasteiger partial charge in [-0.3, -0.25) is 9.59 Å². The van der Waals surface area contributed by atoms with E-state index in [1.807, 2.05) is 26.0 Å². The summed E-state index contributed by atoms with van der Waals surface area (Å²) >= 11 is 0. The van der Waals surface area contributed by atoms with Crippen molar-refractivity contribution in [3.63, 3.8) is 0 Å². The molecular weight excluding hydrogens is 326 g/mol. The lowest BCUT2D eigenvalue weighted by molar-refractivity contribution is -0.131. The van der Waals surface area contributed by atoms with E-state index < -0.39 is 6.04 Å². The highest BCUT2D eigenvalue weighted by Gasteiger charge is 2.30. The molecule has 1 aromatic carbocycles. The first-order chi connectivity index (χ1) is 12.5. The highest BCUT2D eigenvalue weighted by atomic mass is 16.2. The molecule has 1 aliphatic carbocycles. The number of amides is 2.